The van der Waals surface area contributed by atoms with E-state index < -0.39 is 11.9 Å². The second-order valence-corrected chi connectivity index (χ2v) is 7.95. The van der Waals surface area contributed by atoms with E-state index in [-0.39, 0.29) is 5.82 Å². The number of carbonyl (C=O) groups excluding carboxylic acids is 1. The van der Waals surface area contributed by atoms with Crippen LogP contribution in [0.3, 0.4) is 0 Å². The van der Waals surface area contributed by atoms with Gasteiger partial charge in [-0.3, -0.25) is 4.79 Å². The molecule has 6 heteroatoms. The molecule has 2 aromatic carbocycles. The van der Waals surface area contributed by atoms with Gasteiger partial charge in [0.2, 0.25) is 5.91 Å². The first-order valence-corrected chi connectivity index (χ1v) is 9.38. The number of amides is 1. The molecular weight excluding hydrogens is 331 g/mol. The highest BCUT2D eigenvalue weighted by atomic mass is 32.2. The molecule has 0 saturated carbocycles. The summed E-state index contributed by atoms with van der Waals surface area (Å²) in [4.78, 5) is 11.8. The SMILES string of the molecule is NC(=O)[C@H](Nc1cccc(C2SCCS2)c1)c1ccc(F)cc1. The van der Waals surface area contributed by atoms with Crippen molar-refractivity contribution in [3.63, 3.8) is 0 Å². The summed E-state index contributed by atoms with van der Waals surface area (Å²) in [7, 11) is 0. The molecule has 0 unspecified atom stereocenters. The molecule has 1 heterocycles. The van der Waals surface area contributed by atoms with Crippen LogP contribution in [0.4, 0.5) is 10.1 Å². The lowest BCUT2D eigenvalue weighted by Crippen LogP contribution is -2.27. The maximum Gasteiger partial charge on any atom is 0.244 e. The Morgan fingerprint density at radius 1 is 1.17 bits per heavy atom. The molecule has 3 rings (SSSR count). The maximum absolute atomic E-state index is 13.1. The van der Waals surface area contributed by atoms with Gasteiger partial charge in [0.1, 0.15) is 11.9 Å². The Balaban J connectivity index is 1.81. The van der Waals surface area contributed by atoms with Crippen LogP contribution in [0.1, 0.15) is 21.8 Å². The van der Waals surface area contributed by atoms with E-state index in [9.17, 15) is 9.18 Å². The molecule has 120 valence electrons. The van der Waals surface area contributed by atoms with Crippen molar-refractivity contribution in [2.24, 2.45) is 5.73 Å². The monoisotopic (exact) mass is 348 g/mol. The molecule has 3 N–H and O–H groups in total. The van der Waals surface area contributed by atoms with Crippen LogP contribution in [0.5, 0.6) is 0 Å². The number of anilines is 1. The molecule has 2 aromatic rings. The fourth-order valence-electron chi connectivity index (χ4n) is 2.47. The zero-order chi connectivity index (χ0) is 16.2. The van der Waals surface area contributed by atoms with Crippen LogP contribution >= 0.6 is 23.5 Å². The number of carbonyl (C=O) groups is 1. The summed E-state index contributed by atoms with van der Waals surface area (Å²) in [6.07, 6.45) is 0. The molecule has 1 aliphatic rings. The molecule has 0 bridgehead atoms. The fraction of sp³-hybridized carbons (Fsp3) is 0.235. The third-order valence-corrected chi connectivity index (χ3v) is 6.68. The predicted octanol–water partition coefficient (Wildman–Crippen LogP) is 3.94. The average Bonchev–Trinajstić information content (AvgIpc) is 3.08. The van der Waals surface area contributed by atoms with Crippen molar-refractivity contribution in [3.8, 4) is 0 Å². The maximum atomic E-state index is 13.1. The van der Waals surface area contributed by atoms with E-state index in [1.165, 1.54) is 17.7 Å². The molecule has 1 fully saturated rings. The van der Waals surface area contributed by atoms with Crippen LogP contribution in [0, 0.1) is 5.82 Å². The number of nitrogens with one attached hydrogen (secondary N) is 1. The first kappa shape index (κ1) is 16.2. The quantitative estimate of drug-likeness (QED) is 0.859. The van der Waals surface area contributed by atoms with E-state index in [4.69, 9.17) is 5.73 Å². The van der Waals surface area contributed by atoms with Gasteiger partial charge in [0, 0.05) is 17.2 Å². The highest BCUT2D eigenvalue weighted by molar-refractivity contribution is 8.19. The predicted molar refractivity (Wildman–Crippen MR) is 96.1 cm³/mol. The van der Waals surface area contributed by atoms with Crippen LogP contribution in [0.2, 0.25) is 0 Å². The van der Waals surface area contributed by atoms with Gasteiger partial charge < -0.3 is 11.1 Å². The van der Waals surface area contributed by atoms with Crippen LogP contribution in [0.15, 0.2) is 48.5 Å². The number of hydrogen-bond acceptors (Lipinski definition) is 4. The van der Waals surface area contributed by atoms with Crippen LogP contribution in [0.25, 0.3) is 0 Å². The van der Waals surface area contributed by atoms with Gasteiger partial charge in [-0.15, -0.1) is 23.5 Å². The number of thioether (sulfide) groups is 2. The minimum atomic E-state index is -0.685. The van der Waals surface area contributed by atoms with Gasteiger partial charge in [-0.05, 0) is 35.4 Å². The number of hydrogen-bond donors (Lipinski definition) is 2. The molecule has 0 radical (unpaired) electrons. The molecule has 0 aliphatic carbocycles. The number of rotatable bonds is 5. The first-order chi connectivity index (χ1) is 11.1. The van der Waals surface area contributed by atoms with Crippen molar-refractivity contribution in [1.82, 2.24) is 0 Å². The summed E-state index contributed by atoms with van der Waals surface area (Å²) in [6, 6.07) is 13.1. The van der Waals surface area contributed by atoms with Gasteiger partial charge in [0.05, 0.1) is 4.58 Å². The van der Waals surface area contributed by atoms with Gasteiger partial charge in [-0.2, -0.15) is 0 Å². The molecule has 23 heavy (non-hydrogen) atoms. The first-order valence-electron chi connectivity index (χ1n) is 7.28. The van der Waals surface area contributed by atoms with E-state index in [1.807, 2.05) is 35.7 Å². The highest BCUT2D eigenvalue weighted by Crippen LogP contribution is 2.45. The summed E-state index contributed by atoms with van der Waals surface area (Å²) in [6.45, 7) is 0. The van der Waals surface area contributed by atoms with Crippen LogP contribution < -0.4 is 11.1 Å². The Morgan fingerprint density at radius 2 is 1.87 bits per heavy atom. The van der Waals surface area contributed by atoms with E-state index in [0.29, 0.717) is 10.1 Å². The topological polar surface area (TPSA) is 55.1 Å². The van der Waals surface area contributed by atoms with E-state index in [0.717, 1.165) is 17.2 Å². The molecule has 0 aromatic heterocycles. The van der Waals surface area contributed by atoms with Crippen molar-refractivity contribution in [2.45, 2.75) is 10.6 Å². The molecular formula is C17H17FN2OS2. The van der Waals surface area contributed by atoms with Gasteiger partial charge in [0.25, 0.3) is 0 Å². The summed E-state index contributed by atoms with van der Waals surface area (Å²) in [5, 5.41) is 3.16. The van der Waals surface area contributed by atoms with Crippen LogP contribution in [-0.4, -0.2) is 17.4 Å². The Hall–Kier alpha value is -1.66. The van der Waals surface area contributed by atoms with E-state index >= 15 is 0 Å². The summed E-state index contributed by atoms with van der Waals surface area (Å²) in [5.74, 6) is 1.49. The molecule has 1 atom stereocenters. The Kier molecular flexibility index (Phi) is 5.13. The van der Waals surface area contributed by atoms with Crippen molar-refractivity contribution in [2.75, 3.05) is 16.8 Å². The van der Waals surface area contributed by atoms with E-state index in [1.54, 1.807) is 12.1 Å². The third-order valence-electron chi connectivity index (χ3n) is 3.58. The Labute approximate surface area is 143 Å². The van der Waals surface area contributed by atoms with Gasteiger partial charge in [0.15, 0.2) is 0 Å². The lowest BCUT2D eigenvalue weighted by atomic mass is 10.1. The van der Waals surface area contributed by atoms with Crippen molar-refractivity contribution >= 4 is 35.1 Å². The van der Waals surface area contributed by atoms with Crippen LogP contribution in [-0.2, 0) is 4.79 Å². The van der Waals surface area contributed by atoms with E-state index in [2.05, 4.69) is 17.4 Å². The standard InChI is InChI=1S/C17H17FN2OS2/c18-13-6-4-11(5-7-13)15(16(19)21)20-14-3-1-2-12(10-14)17-22-8-9-23-17/h1-7,10,15,17,20H,8-9H2,(H2,19,21)/t15-/m1/s1. The van der Waals surface area contributed by atoms with Gasteiger partial charge in [-0.1, -0.05) is 24.3 Å². The van der Waals surface area contributed by atoms with Gasteiger partial charge in [-0.25, -0.2) is 4.39 Å². The number of nitrogens with two attached hydrogens (primary N) is 1. The highest BCUT2D eigenvalue weighted by Gasteiger charge is 2.20. The average molecular weight is 348 g/mol. The summed E-state index contributed by atoms with van der Waals surface area (Å²) >= 11 is 3.86. The number of primary amides is 1. The Morgan fingerprint density at radius 3 is 2.52 bits per heavy atom. The molecule has 1 saturated heterocycles. The second-order valence-electron chi connectivity index (χ2n) is 5.23. The Bertz CT molecular complexity index is 687. The summed E-state index contributed by atoms with van der Waals surface area (Å²) in [5.41, 5.74) is 8.22. The zero-order valence-electron chi connectivity index (χ0n) is 12.4. The fourth-order valence-corrected chi connectivity index (χ4v) is 5.30. The normalized spacial score (nSPS) is 16.2. The minimum absolute atomic E-state index is 0.339. The summed E-state index contributed by atoms with van der Waals surface area (Å²) < 4.78 is 13.5. The zero-order valence-corrected chi connectivity index (χ0v) is 14.0. The largest absolute Gasteiger partial charge is 0.370 e. The lowest BCUT2D eigenvalue weighted by molar-refractivity contribution is -0.118. The molecule has 3 nitrogen and oxygen atoms in total. The smallest absolute Gasteiger partial charge is 0.244 e. The third kappa shape index (κ3) is 4.00. The molecule has 0 spiro atoms. The lowest BCUT2D eigenvalue weighted by Gasteiger charge is -2.18. The van der Waals surface area contributed by atoms with Crippen molar-refractivity contribution < 1.29 is 9.18 Å². The minimum Gasteiger partial charge on any atom is -0.370 e. The second kappa shape index (κ2) is 7.27. The van der Waals surface area contributed by atoms with Crippen molar-refractivity contribution in [1.29, 1.82) is 0 Å². The van der Waals surface area contributed by atoms with Gasteiger partial charge >= 0.3 is 0 Å². The molecule has 1 aliphatic heterocycles. The number of benzene rings is 2. The van der Waals surface area contributed by atoms with Crippen molar-refractivity contribution in [3.05, 3.63) is 65.5 Å². The molecule has 1 amide bonds. The number of halogens is 1.